The zero-order valence-corrected chi connectivity index (χ0v) is 13.3. The molecule has 2 N–H and O–H groups in total. The molecule has 2 rings (SSSR count). The summed E-state index contributed by atoms with van der Waals surface area (Å²) in [5.74, 6) is -0.383. The summed E-state index contributed by atoms with van der Waals surface area (Å²) in [5, 5.41) is 3.19. The molecule has 0 unspecified atom stereocenters. The Balaban J connectivity index is 1.84. The lowest BCUT2D eigenvalue weighted by Crippen LogP contribution is -2.52. The lowest BCUT2D eigenvalue weighted by atomic mass is 9.98. The van der Waals surface area contributed by atoms with E-state index in [-0.39, 0.29) is 17.9 Å². The smallest absolute Gasteiger partial charge is 0.309 e. The van der Waals surface area contributed by atoms with Crippen molar-refractivity contribution in [2.45, 2.75) is 38.6 Å². The number of carbonyl (C=O) groups is 1. The van der Waals surface area contributed by atoms with E-state index in [0.29, 0.717) is 39.1 Å². The number of rotatable bonds is 5. The van der Waals surface area contributed by atoms with Crippen LogP contribution < -0.4 is 10.0 Å². The Kier molecular flexibility index (Phi) is 5.98. The molecule has 0 amide bonds. The number of esters is 1. The highest BCUT2D eigenvalue weighted by molar-refractivity contribution is 7.87. The SMILES string of the molecule is CCOC(=O)C1CCN(S(=O)(=O)N[C@@H]2CCCNC2)CC1. The van der Waals surface area contributed by atoms with Crippen LogP contribution in [0.5, 0.6) is 0 Å². The molecule has 21 heavy (non-hydrogen) atoms. The van der Waals surface area contributed by atoms with Crippen molar-refractivity contribution in [3.63, 3.8) is 0 Å². The second-order valence-electron chi connectivity index (χ2n) is 5.59. The maximum atomic E-state index is 12.3. The fourth-order valence-electron chi connectivity index (χ4n) is 2.83. The Hall–Kier alpha value is -0.700. The second-order valence-corrected chi connectivity index (χ2v) is 7.29. The molecule has 122 valence electrons. The van der Waals surface area contributed by atoms with Gasteiger partial charge >= 0.3 is 5.97 Å². The first kappa shape index (κ1) is 16.7. The minimum absolute atomic E-state index is 0.0356. The van der Waals surface area contributed by atoms with Crippen LogP contribution in [0.3, 0.4) is 0 Å². The van der Waals surface area contributed by atoms with Gasteiger partial charge in [-0.1, -0.05) is 0 Å². The molecule has 0 radical (unpaired) electrons. The predicted octanol–water partition coefficient (Wildman–Crippen LogP) is -0.152. The number of nitrogens with zero attached hydrogens (tertiary/aromatic N) is 1. The number of hydrogen-bond acceptors (Lipinski definition) is 5. The lowest BCUT2D eigenvalue weighted by Gasteiger charge is -2.32. The molecule has 0 aromatic heterocycles. The van der Waals surface area contributed by atoms with E-state index in [1.165, 1.54) is 4.31 Å². The largest absolute Gasteiger partial charge is 0.466 e. The summed E-state index contributed by atoms with van der Waals surface area (Å²) in [7, 11) is -3.45. The van der Waals surface area contributed by atoms with E-state index >= 15 is 0 Å². The molecular weight excluding hydrogens is 294 g/mol. The summed E-state index contributed by atoms with van der Waals surface area (Å²) in [6.07, 6.45) is 2.91. The van der Waals surface area contributed by atoms with Crippen LogP contribution in [0, 0.1) is 5.92 Å². The fraction of sp³-hybridized carbons (Fsp3) is 0.923. The van der Waals surface area contributed by atoms with Crippen molar-refractivity contribution in [2.75, 3.05) is 32.8 Å². The molecule has 2 aliphatic rings. The van der Waals surface area contributed by atoms with Gasteiger partial charge in [0.2, 0.25) is 0 Å². The van der Waals surface area contributed by atoms with Gasteiger partial charge in [0, 0.05) is 25.7 Å². The minimum Gasteiger partial charge on any atom is -0.466 e. The van der Waals surface area contributed by atoms with Gasteiger partial charge in [0.1, 0.15) is 0 Å². The summed E-state index contributed by atoms with van der Waals surface area (Å²) in [5.41, 5.74) is 0. The van der Waals surface area contributed by atoms with Crippen molar-refractivity contribution < 1.29 is 17.9 Å². The Morgan fingerprint density at radius 2 is 2.05 bits per heavy atom. The normalized spacial score (nSPS) is 25.7. The van der Waals surface area contributed by atoms with Crippen LogP contribution in [-0.4, -0.2) is 57.5 Å². The van der Waals surface area contributed by atoms with Gasteiger partial charge < -0.3 is 10.1 Å². The van der Waals surface area contributed by atoms with Gasteiger partial charge in [0.05, 0.1) is 12.5 Å². The van der Waals surface area contributed by atoms with Gasteiger partial charge in [-0.15, -0.1) is 0 Å². The Morgan fingerprint density at radius 3 is 2.62 bits per heavy atom. The van der Waals surface area contributed by atoms with Crippen LogP contribution in [0.4, 0.5) is 0 Å². The summed E-state index contributed by atoms with van der Waals surface area (Å²) in [6, 6.07) is -0.0356. The molecule has 7 nitrogen and oxygen atoms in total. The van der Waals surface area contributed by atoms with E-state index in [0.717, 1.165) is 19.4 Å². The lowest BCUT2D eigenvalue weighted by molar-refractivity contribution is -0.149. The first-order valence-electron chi connectivity index (χ1n) is 7.67. The Bertz CT molecular complexity index is 440. The third-order valence-electron chi connectivity index (χ3n) is 4.03. The number of carbonyl (C=O) groups excluding carboxylic acids is 1. The van der Waals surface area contributed by atoms with Crippen LogP contribution in [-0.2, 0) is 19.7 Å². The highest BCUT2D eigenvalue weighted by Gasteiger charge is 2.33. The van der Waals surface area contributed by atoms with Crippen molar-refractivity contribution in [2.24, 2.45) is 5.92 Å². The van der Waals surface area contributed by atoms with Crippen LogP contribution >= 0.6 is 0 Å². The van der Waals surface area contributed by atoms with Gasteiger partial charge in [-0.3, -0.25) is 4.79 Å². The quantitative estimate of drug-likeness (QED) is 0.688. The van der Waals surface area contributed by atoms with Crippen molar-refractivity contribution in [1.29, 1.82) is 0 Å². The van der Waals surface area contributed by atoms with E-state index < -0.39 is 10.2 Å². The van der Waals surface area contributed by atoms with E-state index in [1.807, 2.05) is 0 Å². The van der Waals surface area contributed by atoms with Crippen LogP contribution in [0.15, 0.2) is 0 Å². The van der Waals surface area contributed by atoms with Crippen LogP contribution in [0.2, 0.25) is 0 Å². The summed E-state index contributed by atoms with van der Waals surface area (Å²) in [6.45, 7) is 4.52. The Labute approximate surface area is 126 Å². The van der Waals surface area contributed by atoms with Gasteiger partial charge in [-0.05, 0) is 39.2 Å². The molecular formula is C13H25N3O4S. The first-order valence-corrected chi connectivity index (χ1v) is 9.11. The monoisotopic (exact) mass is 319 g/mol. The molecule has 8 heteroatoms. The van der Waals surface area contributed by atoms with Crippen molar-refractivity contribution in [3.05, 3.63) is 0 Å². The van der Waals surface area contributed by atoms with Crippen molar-refractivity contribution >= 4 is 16.2 Å². The molecule has 0 aromatic carbocycles. The van der Waals surface area contributed by atoms with Gasteiger partial charge in [0.25, 0.3) is 10.2 Å². The minimum atomic E-state index is -3.45. The first-order chi connectivity index (χ1) is 10.0. The molecule has 1 atom stereocenters. The number of piperidine rings is 2. The standard InChI is InChI=1S/C13H25N3O4S/c1-2-20-13(17)11-5-8-16(9-6-11)21(18,19)15-12-4-3-7-14-10-12/h11-12,14-15H,2-10H2,1H3/t12-/m1/s1. The molecule has 0 spiro atoms. The fourth-order valence-corrected chi connectivity index (χ4v) is 4.29. The molecule has 0 saturated carbocycles. The highest BCUT2D eigenvalue weighted by atomic mass is 32.2. The van der Waals surface area contributed by atoms with Crippen LogP contribution in [0.1, 0.15) is 32.6 Å². The van der Waals surface area contributed by atoms with E-state index in [2.05, 4.69) is 10.0 Å². The molecule has 2 saturated heterocycles. The van der Waals surface area contributed by atoms with Crippen molar-refractivity contribution in [3.8, 4) is 0 Å². The van der Waals surface area contributed by atoms with Crippen LogP contribution in [0.25, 0.3) is 0 Å². The molecule has 0 bridgehead atoms. The predicted molar refractivity (Wildman–Crippen MR) is 78.9 cm³/mol. The molecule has 2 heterocycles. The van der Waals surface area contributed by atoms with E-state index in [1.54, 1.807) is 6.92 Å². The van der Waals surface area contributed by atoms with E-state index in [4.69, 9.17) is 4.74 Å². The Morgan fingerprint density at radius 1 is 1.33 bits per heavy atom. The van der Waals surface area contributed by atoms with E-state index in [9.17, 15) is 13.2 Å². The van der Waals surface area contributed by atoms with Gasteiger partial charge in [0.15, 0.2) is 0 Å². The molecule has 0 aliphatic carbocycles. The number of nitrogens with one attached hydrogen (secondary N) is 2. The van der Waals surface area contributed by atoms with Gasteiger partial charge in [-0.2, -0.15) is 17.4 Å². The zero-order chi connectivity index (χ0) is 15.3. The highest BCUT2D eigenvalue weighted by Crippen LogP contribution is 2.20. The third kappa shape index (κ3) is 4.64. The molecule has 0 aromatic rings. The summed E-state index contributed by atoms with van der Waals surface area (Å²) in [4.78, 5) is 11.7. The summed E-state index contributed by atoms with van der Waals surface area (Å²) >= 11 is 0. The zero-order valence-electron chi connectivity index (χ0n) is 12.5. The second kappa shape index (κ2) is 7.53. The van der Waals surface area contributed by atoms with Gasteiger partial charge in [-0.25, -0.2) is 0 Å². The average molecular weight is 319 g/mol. The topological polar surface area (TPSA) is 87.7 Å². The van der Waals surface area contributed by atoms with Crippen molar-refractivity contribution in [1.82, 2.24) is 14.3 Å². The average Bonchev–Trinajstić information content (AvgIpc) is 2.48. The molecule has 2 fully saturated rings. The third-order valence-corrected chi connectivity index (χ3v) is 5.70. The number of ether oxygens (including phenoxy) is 1. The number of hydrogen-bond donors (Lipinski definition) is 2. The molecule has 2 aliphatic heterocycles. The maximum Gasteiger partial charge on any atom is 0.309 e. The maximum absolute atomic E-state index is 12.3. The summed E-state index contributed by atoms with van der Waals surface area (Å²) < 4.78 is 33.8.